The van der Waals surface area contributed by atoms with Gasteiger partial charge >= 0.3 is 5.97 Å². The Balaban J connectivity index is 2.12. The van der Waals surface area contributed by atoms with E-state index in [9.17, 15) is 14.7 Å². The molecule has 0 aliphatic carbocycles. The zero-order chi connectivity index (χ0) is 21.1. The van der Waals surface area contributed by atoms with Crippen molar-refractivity contribution >= 4 is 17.6 Å². The van der Waals surface area contributed by atoms with Crippen molar-refractivity contribution in [1.82, 2.24) is 4.90 Å². The fraction of sp³-hybridized carbons (Fsp3) is 0.455. The minimum Gasteiger partial charge on any atom is -0.480 e. The monoisotopic (exact) mass is 400 g/mol. The molecule has 1 aromatic carbocycles. The number of benzene rings is 1. The van der Waals surface area contributed by atoms with Crippen LogP contribution in [0.2, 0.25) is 0 Å². The Labute approximate surface area is 170 Å². The van der Waals surface area contributed by atoms with Crippen molar-refractivity contribution in [1.29, 1.82) is 0 Å². The molecule has 0 spiro atoms. The zero-order valence-corrected chi connectivity index (χ0v) is 17.3. The highest BCUT2D eigenvalue weighted by molar-refractivity contribution is 5.89. The molecule has 3 rings (SSSR count). The quantitative estimate of drug-likeness (QED) is 0.763. The predicted molar refractivity (Wildman–Crippen MR) is 109 cm³/mol. The Morgan fingerprint density at radius 1 is 1.24 bits per heavy atom. The lowest BCUT2D eigenvalue weighted by Gasteiger charge is -2.29. The smallest absolute Gasteiger partial charge is 0.331 e. The third kappa shape index (κ3) is 4.09. The standard InChI is InChI=1S/C22H28N2O5/c1-5-23(6-2)15-9-10-17-18(12-15)29-20(14(3)4)21(25)24(19(17)22(26)27)13-16-8-7-11-28-16/h7-12,14,19-20H,5-6,13H2,1-4H3,(H,26,27). The van der Waals surface area contributed by atoms with E-state index in [1.165, 1.54) is 11.2 Å². The summed E-state index contributed by atoms with van der Waals surface area (Å²) in [6.07, 6.45) is 0.730. The first kappa shape index (κ1) is 20.8. The van der Waals surface area contributed by atoms with Gasteiger partial charge in [0.2, 0.25) is 0 Å². The number of carboxylic acid groups (broad SMARTS) is 1. The highest BCUT2D eigenvalue weighted by atomic mass is 16.5. The molecule has 1 amide bonds. The van der Waals surface area contributed by atoms with Crippen LogP contribution in [0.15, 0.2) is 41.0 Å². The van der Waals surface area contributed by atoms with E-state index < -0.39 is 18.1 Å². The average Bonchev–Trinajstić information content (AvgIpc) is 3.15. The summed E-state index contributed by atoms with van der Waals surface area (Å²) in [7, 11) is 0. The molecule has 1 aliphatic rings. The molecule has 0 fully saturated rings. The van der Waals surface area contributed by atoms with Crippen molar-refractivity contribution in [3.05, 3.63) is 47.9 Å². The summed E-state index contributed by atoms with van der Waals surface area (Å²) >= 11 is 0. The number of carboxylic acids is 1. The van der Waals surface area contributed by atoms with Crippen LogP contribution in [0.1, 0.15) is 45.1 Å². The summed E-state index contributed by atoms with van der Waals surface area (Å²) in [4.78, 5) is 29.1. The van der Waals surface area contributed by atoms with Crippen LogP contribution in [0.3, 0.4) is 0 Å². The summed E-state index contributed by atoms with van der Waals surface area (Å²) < 4.78 is 11.5. The lowest BCUT2D eigenvalue weighted by atomic mass is 10.0. The van der Waals surface area contributed by atoms with Crippen molar-refractivity contribution in [2.45, 2.75) is 46.4 Å². The number of aliphatic carboxylic acids is 1. The topological polar surface area (TPSA) is 83.2 Å². The number of amides is 1. The van der Waals surface area contributed by atoms with E-state index in [2.05, 4.69) is 18.7 Å². The van der Waals surface area contributed by atoms with E-state index in [0.29, 0.717) is 17.1 Å². The molecule has 1 aliphatic heterocycles. The maximum absolute atomic E-state index is 13.3. The first-order valence-electron chi connectivity index (χ1n) is 9.98. The van der Waals surface area contributed by atoms with Crippen molar-refractivity contribution < 1.29 is 23.8 Å². The molecule has 0 bridgehead atoms. The normalized spacial score (nSPS) is 18.9. The van der Waals surface area contributed by atoms with Gasteiger partial charge in [0, 0.05) is 30.4 Å². The van der Waals surface area contributed by atoms with Crippen molar-refractivity contribution in [2.24, 2.45) is 5.92 Å². The summed E-state index contributed by atoms with van der Waals surface area (Å²) in [5, 5.41) is 10.0. The van der Waals surface area contributed by atoms with Crippen LogP contribution >= 0.6 is 0 Å². The number of carbonyl (C=O) groups is 2. The number of carbonyl (C=O) groups excluding carboxylic acids is 1. The molecule has 7 heteroatoms. The van der Waals surface area contributed by atoms with Crippen LogP contribution in [0.5, 0.6) is 5.75 Å². The number of nitrogens with zero attached hydrogens (tertiary/aromatic N) is 2. The molecule has 2 atom stereocenters. The third-order valence-electron chi connectivity index (χ3n) is 5.26. The minimum absolute atomic E-state index is 0.0621. The van der Waals surface area contributed by atoms with Gasteiger partial charge in [0.05, 0.1) is 12.8 Å². The van der Waals surface area contributed by atoms with Crippen molar-refractivity contribution in [2.75, 3.05) is 18.0 Å². The Hall–Kier alpha value is -2.96. The summed E-state index contributed by atoms with van der Waals surface area (Å²) in [5.41, 5.74) is 1.41. The third-order valence-corrected chi connectivity index (χ3v) is 5.26. The lowest BCUT2D eigenvalue weighted by Crippen LogP contribution is -2.45. The Morgan fingerprint density at radius 2 is 1.97 bits per heavy atom. The Bertz CT molecular complexity index is 858. The van der Waals surface area contributed by atoms with Gasteiger partial charge in [-0.1, -0.05) is 19.9 Å². The Morgan fingerprint density at radius 3 is 2.52 bits per heavy atom. The van der Waals surface area contributed by atoms with Gasteiger partial charge in [-0.2, -0.15) is 0 Å². The van der Waals surface area contributed by atoms with Crippen LogP contribution in [-0.2, 0) is 16.1 Å². The molecule has 2 aromatic rings. The van der Waals surface area contributed by atoms with Gasteiger partial charge in [0.25, 0.3) is 5.91 Å². The number of hydrogen-bond acceptors (Lipinski definition) is 5. The number of hydrogen-bond donors (Lipinski definition) is 1. The molecule has 2 unspecified atom stereocenters. The van der Waals surface area contributed by atoms with Gasteiger partial charge in [0.1, 0.15) is 11.5 Å². The molecular weight excluding hydrogens is 372 g/mol. The van der Waals surface area contributed by atoms with E-state index in [-0.39, 0.29) is 18.4 Å². The molecule has 7 nitrogen and oxygen atoms in total. The fourth-order valence-electron chi connectivity index (χ4n) is 3.71. The van der Waals surface area contributed by atoms with Crippen LogP contribution in [0.4, 0.5) is 5.69 Å². The maximum atomic E-state index is 13.3. The second-order valence-electron chi connectivity index (χ2n) is 7.46. The minimum atomic E-state index is -1.16. The number of fused-ring (bicyclic) bond motifs is 1. The fourth-order valence-corrected chi connectivity index (χ4v) is 3.71. The number of furan rings is 1. The van der Waals surface area contributed by atoms with Crippen LogP contribution in [0, 0.1) is 5.92 Å². The Kier molecular flexibility index (Phi) is 6.15. The highest BCUT2D eigenvalue weighted by Gasteiger charge is 2.42. The molecule has 2 heterocycles. The van der Waals surface area contributed by atoms with Gasteiger partial charge in [0.15, 0.2) is 12.1 Å². The van der Waals surface area contributed by atoms with Crippen LogP contribution in [0.25, 0.3) is 0 Å². The molecule has 0 saturated carbocycles. The zero-order valence-electron chi connectivity index (χ0n) is 17.3. The van der Waals surface area contributed by atoms with Crippen LogP contribution in [-0.4, -0.2) is 41.1 Å². The molecule has 1 aromatic heterocycles. The van der Waals surface area contributed by atoms with E-state index in [1.807, 2.05) is 26.0 Å². The number of ether oxygens (including phenoxy) is 1. The highest BCUT2D eigenvalue weighted by Crippen LogP contribution is 2.39. The second-order valence-corrected chi connectivity index (χ2v) is 7.46. The first-order chi connectivity index (χ1) is 13.9. The summed E-state index contributed by atoms with van der Waals surface area (Å²) in [5.74, 6) is -0.621. The average molecular weight is 400 g/mol. The van der Waals surface area contributed by atoms with Crippen molar-refractivity contribution in [3.8, 4) is 5.75 Å². The SMILES string of the molecule is CCN(CC)c1ccc2c(c1)OC(C(C)C)C(=O)N(Cc1ccco1)C2C(=O)O. The summed E-state index contributed by atoms with van der Waals surface area (Å²) in [6, 6.07) is 7.78. The maximum Gasteiger partial charge on any atom is 0.331 e. The van der Waals surface area contributed by atoms with Gasteiger partial charge in [-0.25, -0.2) is 4.79 Å². The predicted octanol–water partition coefficient (Wildman–Crippen LogP) is 3.70. The molecular formula is C22H28N2O5. The van der Waals surface area contributed by atoms with Gasteiger partial charge in [-0.15, -0.1) is 0 Å². The van der Waals surface area contributed by atoms with Gasteiger partial charge < -0.3 is 24.1 Å². The van der Waals surface area contributed by atoms with Gasteiger partial charge in [-0.3, -0.25) is 4.79 Å². The largest absolute Gasteiger partial charge is 0.480 e. The molecule has 0 radical (unpaired) electrons. The molecule has 29 heavy (non-hydrogen) atoms. The van der Waals surface area contributed by atoms with Crippen molar-refractivity contribution in [3.63, 3.8) is 0 Å². The van der Waals surface area contributed by atoms with E-state index >= 15 is 0 Å². The van der Waals surface area contributed by atoms with Gasteiger partial charge in [-0.05, 0) is 38.0 Å². The van der Waals surface area contributed by atoms with Crippen LogP contribution < -0.4 is 9.64 Å². The van der Waals surface area contributed by atoms with E-state index in [4.69, 9.17) is 9.15 Å². The first-order valence-corrected chi connectivity index (χ1v) is 9.98. The lowest BCUT2D eigenvalue weighted by molar-refractivity contribution is -0.154. The second kappa shape index (κ2) is 8.59. The molecule has 0 saturated heterocycles. The molecule has 1 N–H and O–H groups in total. The number of anilines is 1. The summed E-state index contributed by atoms with van der Waals surface area (Å²) in [6.45, 7) is 9.59. The van der Waals surface area contributed by atoms with E-state index in [1.54, 1.807) is 18.2 Å². The number of rotatable bonds is 7. The van der Waals surface area contributed by atoms with E-state index in [0.717, 1.165) is 18.8 Å². The molecule has 156 valence electrons.